The van der Waals surface area contributed by atoms with Gasteiger partial charge >= 0.3 is 5.97 Å². The molecule has 0 unspecified atom stereocenters. The molecule has 3 aromatic rings. The average Bonchev–Trinajstić information content (AvgIpc) is 2.89. The molecule has 0 aromatic heterocycles. The quantitative estimate of drug-likeness (QED) is 0.383. The number of benzene rings is 3. The highest BCUT2D eigenvalue weighted by molar-refractivity contribution is 5.66. The molecule has 1 aliphatic heterocycles. The summed E-state index contributed by atoms with van der Waals surface area (Å²) in [7, 11) is 2.18. The fraction of sp³-hybridized carbons (Fsp3) is 0.367. The van der Waals surface area contributed by atoms with Crippen molar-refractivity contribution in [2.24, 2.45) is 0 Å². The van der Waals surface area contributed by atoms with Gasteiger partial charge in [0.1, 0.15) is 12.4 Å². The number of likely N-dealkylation sites (tertiary alicyclic amines) is 1. The maximum absolute atomic E-state index is 10.9. The lowest BCUT2D eigenvalue weighted by Crippen LogP contribution is -2.42. The van der Waals surface area contributed by atoms with Crippen LogP contribution in [0.3, 0.4) is 0 Å². The van der Waals surface area contributed by atoms with E-state index in [0.29, 0.717) is 19.6 Å². The Labute approximate surface area is 208 Å². The van der Waals surface area contributed by atoms with Crippen molar-refractivity contribution in [1.82, 2.24) is 4.90 Å². The van der Waals surface area contributed by atoms with Crippen LogP contribution < -0.4 is 4.74 Å². The minimum absolute atomic E-state index is 0.0212. The Bertz CT molecular complexity index is 1080. The predicted molar refractivity (Wildman–Crippen MR) is 138 cm³/mol. The van der Waals surface area contributed by atoms with Gasteiger partial charge < -0.3 is 19.5 Å². The Balaban J connectivity index is 1.70. The third kappa shape index (κ3) is 6.30. The van der Waals surface area contributed by atoms with E-state index in [4.69, 9.17) is 14.6 Å². The maximum atomic E-state index is 10.9. The summed E-state index contributed by atoms with van der Waals surface area (Å²) in [6, 6.07) is 27.4. The molecule has 1 saturated heterocycles. The first-order valence-electron chi connectivity index (χ1n) is 12.4. The van der Waals surface area contributed by atoms with Crippen molar-refractivity contribution in [2.45, 2.75) is 37.7 Å². The molecule has 0 bridgehead atoms. The van der Waals surface area contributed by atoms with Crippen LogP contribution in [0.5, 0.6) is 5.75 Å². The molecule has 0 atom stereocenters. The van der Waals surface area contributed by atoms with Crippen molar-refractivity contribution in [2.75, 3.05) is 33.4 Å². The van der Waals surface area contributed by atoms with Crippen LogP contribution in [-0.4, -0.2) is 49.3 Å². The number of hydrogen-bond acceptors (Lipinski definition) is 4. The summed E-state index contributed by atoms with van der Waals surface area (Å²) in [6.07, 6.45) is 2.74. The number of carboxylic acid groups (broad SMARTS) is 1. The van der Waals surface area contributed by atoms with Gasteiger partial charge in [0.2, 0.25) is 0 Å². The summed E-state index contributed by atoms with van der Waals surface area (Å²) < 4.78 is 12.2. The second-order valence-corrected chi connectivity index (χ2v) is 9.32. The zero-order valence-electron chi connectivity index (χ0n) is 20.5. The molecule has 0 radical (unpaired) electrons. The van der Waals surface area contributed by atoms with Gasteiger partial charge in [0, 0.05) is 11.0 Å². The molecule has 0 saturated carbocycles. The number of ether oxygens (including phenoxy) is 2. The lowest BCUT2D eigenvalue weighted by Gasteiger charge is -2.43. The number of piperidine rings is 1. The van der Waals surface area contributed by atoms with Gasteiger partial charge in [-0.3, -0.25) is 4.79 Å². The lowest BCUT2D eigenvalue weighted by molar-refractivity contribution is -0.138. The molecule has 1 aliphatic rings. The maximum Gasteiger partial charge on any atom is 0.305 e. The summed E-state index contributed by atoms with van der Waals surface area (Å²) in [5.74, 6) is 0.0849. The van der Waals surface area contributed by atoms with Gasteiger partial charge in [0.15, 0.2) is 0 Å². The van der Waals surface area contributed by atoms with Crippen LogP contribution in [0.1, 0.15) is 41.5 Å². The first-order valence-corrected chi connectivity index (χ1v) is 12.4. The SMILES string of the molecule is CN1CCC(c2ccccc2)(c2c(CCOCCC(=O)O)cccc2OCc2ccccc2)CC1. The third-order valence-electron chi connectivity index (χ3n) is 6.97. The monoisotopic (exact) mass is 473 g/mol. The normalized spacial score (nSPS) is 15.6. The van der Waals surface area contributed by atoms with E-state index in [-0.39, 0.29) is 18.4 Å². The second kappa shape index (κ2) is 12.0. The highest BCUT2D eigenvalue weighted by Gasteiger charge is 2.40. The molecule has 1 heterocycles. The van der Waals surface area contributed by atoms with Crippen molar-refractivity contribution in [3.05, 3.63) is 101 Å². The van der Waals surface area contributed by atoms with Crippen LogP contribution in [0.2, 0.25) is 0 Å². The Hall–Kier alpha value is -3.15. The van der Waals surface area contributed by atoms with Gasteiger partial charge in [-0.05, 0) is 62.2 Å². The molecule has 0 aliphatic carbocycles. The minimum Gasteiger partial charge on any atom is -0.489 e. The van der Waals surface area contributed by atoms with Crippen molar-refractivity contribution >= 4 is 5.97 Å². The van der Waals surface area contributed by atoms with Crippen molar-refractivity contribution in [1.29, 1.82) is 0 Å². The number of carboxylic acids is 1. The number of aliphatic carboxylic acids is 1. The molecule has 35 heavy (non-hydrogen) atoms. The Kier molecular flexibility index (Phi) is 8.56. The predicted octanol–water partition coefficient (Wildman–Crippen LogP) is 5.31. The largest absolute Gasteiger partial charge is 0.489 e. The van der Waals surface area contributed by atoms with Crippen LogP contribution in [-0.2, 0) is 28.0 Å². The number of nitrogens with zero attached hydrogens (tertiary/aromatic N) is 1. The summed E-state index contributed by atoms with van der Waals surface area (Å²) >= 11 is 0. The highest BCUT2D eigenvalue weighted by Crippen LogP contribution is 2.47. The molecule has 5 nitrogen and oxygen atoms in total. The van der Waals surface area contributed by atoms with Crippen molar-refractivity contribution in [3.8, 4) is 5.75 Å². The minimum atomic E-state index is -0.837. The zero-order chi connectivity index (χ0) is 24.5. The van der Waals surface area contributed by atoms with Gasteiger partial charge in [0.25, 0.3) is 0 Å². The van der Waals surface area contributed by atoms with E-state index < -0.39 is 5.97 Å². The molecular formula is C30H35NO4. The number of hydrogen-bond donors (Lipinski definition) is 1. The highest BCUT2D eigenvalue weighted by atomic mass is 16.5. The van der Waals surface area contributed by atoms with Gasteiger partial charge in [0.05, 0.1) is 19.6 Å². The molecule has 4 rings (SSSR count). The van der Waals surface area contributed by atoms with E-state index in [1.807, 2.05) is 18.2 Å². The van der Waals surface area contributed by atoms with Gasteiger partial charge in [-0.15, -0.1) is 0 Å². The molecule has 1 fully saturated rings. The summed E-state index contributed by atoms with van der Waals surface area (Å²) in [5, 5.41) is 8.91. The zero-order valence-corrected chi connectivity index (χ0v) is 20.5. The fourth-order valence-corrected chi connectivity index (χ4v) is 5.07. The second-order valence-electron chi connectivity index (χ2n) is 9.32. The first kappa shape index (κ1) is 25.0. The molecule has 3 aromatic carbocycles. The molecular weight excluding hydrogens is 438 g/mol. The molecule has 0 spiro atoms. The van der Waals surface area contributed by atoms with Gasteiger partial charge in [-0.25, -0.2) is 0 Å². The molecule has 1 N–H and O–H groups in total. The Morgan fingerprint density at radius 1 is 0.914 bits per heavy atom. The van der Waals surface area contributed by atoms with E-state index >= 15 is 0 Å². The van der Waals surface area contributed by atoms with Crippen LogP contribution in [0.4, 0.5) is 0 Å². The lowest BCUT2D eigenvalue weighted by atomic mass is 9.66. The standard InChI is InChI=1S/C30H35NO4/c1-31-19-17-30(18-20-31,26-12-6-3-7-13-26)29-25(15-21-34-22-16-28(32)33)11-8-14-27(29)35-23-24-9-4-2-5-10-24/h2-14H,15-23H2,1H3,(H,32,33). The molecule has 5 heteroatoms. The summed E-state index contributed by atoms with van der Waals surface area (Å²) in [4.78, 5) is 13.2. The first-order chi connectivity index (χ1) is 17.1. The van der Waals surface area contributed by atoms with E-state index in [0.717, 1.165) is 37.2 Å². The average molecular weight is 474 g/mol. The summed E-state index contributed by atoms with van der Waals surface area (Å²) in [6.45, 7) is 3.24. The van der Waals surface area contributed by atoms with E-state index in [1.54, 1.807) is 0 Å². The Morgan fingerprint density at radius 2 is 1.60 bits per heavy atom. The number of carbonyl (C=O) groups is 1. The smallest absolute Gasteiger partial charge is 0.305 e. The van der Waals surface area contributed by atoms with Crippen LogP contribution in [0.15, 0.2) is 78.9 Å². The Morgan fingerprint density at radius 3 is 2.29 bits per heavy atom. The van der Waals surface area contributed by atoms with Crippen LogP contribution >= 0.6 is 0 Å². The van der Waals surface area contributed by atoms with Crippen molar-refractivity contribution < 1.29 is 19.4 Å². The molecule has 0 amide bonds. The fourth-order valence-electron chi connectivity index (χ4n) is 5.07. The topological polar surface area (TPSA) is 59.0 Å². The van der Waals surface area contributed by atoms with Crippen LogP contribution in [0, 0.1) is 0 Å². The van der Waals surface area contributed by atoms with Gasteiger partial charge in [-0.2, -0.15) is 0 Å². The van der Waals surface area contributed by atoms with Gasteiger partial charge in [-0.1, -0.05) is 72.8 Å². The summed E-state index contributed by atoms with van der Waals surface area (Å²) in [5.41, 5.74) is 4.75. The third-order valence-corrected chi connectivity index (χ3v) is 6.97. The molecule has 184 valence electrons. The van der Waals surface area contributed by atoms with Crippen molar-refractivity contribution in [3.63, 3.8) is 0 Å². The van der Waals surface area contributed by atoms with Crippen LogP contribution in [0.25, 0.3) is 0 Å². The van der Waals surface area contributed by atoms with E-state index in [9.17, 15) is 4.79 Å². The van der Waals surface area contributed by atoms with E-state index in [2.05, 4.69) is 72.6 Å². The van der Waals surface area contributed by atoms with E-state index in [1.165, 1.54) is 16.7 Å². The number of rotatable bonds is 11.